The monoisotopic (exact) mass is 393 g/mol. The third-order valence-corrected chi connectivity index (χ3v) is 5.73. The molecular weight excluding hydrogens is 370 g/mol. The molecule has 0 radical (unpaired) electrons. The number of fused-ring (bicyclic) bond motifs is 1. The first kappa shape index (κ1) is 18.1. The van der Waals surface area contributed by atoms with Crippen molar-refractivity contribution in [2.24, 2.45) is 0 Å². The highest BCUT2D eigenvalue weighted by atomic mass is 16.5. The van der Waals surface area contributed by atoms with Gasteiger partial charge in [0.2, 0.25) is 0 Å². The Balaban J connectivity index is 1.74. The third-order valence-electron chi connectivity index (χ3n) is 5.73. The van der Waals surface area contributed by atoms with Crippen LogP contribution in [0.3, 0.4) is 0 Å². The van der Waals surface area contributed by atoms with Crippen molar-refractivity contribution in [2.45, 2.75) is 31.7 Å². The fourth-order valence-electron chi connectivity index (χ4n) is 4.26. The lowest BCUT2D eigenvalue weighted by Crippen LogP contribution is -2.44. The summed E-state index contributed by atoms with van der Waals surface area (Å²) in [6.07, 6.45) is 3.77. The lowest BCUT2D eigenvalue weighted by molar-refractivity contribution is 0.0807. The Bertz CT molecular complexity index is 1050. The Kier molecular flexibility index (Phi) is 4.66. The topological polar surface area (TPSA) is 105 Å². The van der Waals surface area contributed by atoms with Crippen LogP contribution in [0.25, 0.3) is 16.9 Å². The van der Waals surface area contributed by atoms with Gasteiger partial charge in [-0.1, -0.05) is 0 Å². The highest BCUT2D eigenvalue weighted by Gasteiger charge is 2.28. The van der Waals surface area contributed by atoms with Gasteiger partial charge in [-0.05, 0) is 31.4 Å². The van der Waals surface area contributed by atoms with Crippen molar-refractivity contribution in [2.75, 3.05) is 37.9 Å². The standard InChI is InChI=1S/C20H23N7O2/c1-13-11-29-8-6-26(13)18-9-15(14-3-2-7-28-12-14)19-16(10-21)25-27(20(19)23-18)17-4-5-22-24-17/h4-5,9,13-14H,2-3,6-8,11-12H2,1H3,(H,22,24)/t13-,14?/m1/s1. The van der Waals surface area contributed by atoms with E-state index in [0.29, 0.717) is 37.0 Å². The van der Waals surface area contributed by atoms with Gasteiger partial charge in [-0.25, -0.2) is 4.98 Å². The summed E-state index contributed by atoms with van der Waals surface area (Å²) in [5.74, 6) is 1.71. The van der Waals surface area contributed by atoms with E-state index in [4.69, 9.17) is 14.5 Å². The van der Waals surface area contributed by atoms with Crippen molar-refractivity contribution in [3.63, 3.8) is 0 Å². The SMILES string of the molecule is C[C@@H]1COCCN1c1cc(C2CCCOC2)c2c(C#N)nn(-c3cc[nH]n3)c2n1. The van der Waals surface area contributed by atoms with Gasteiger partial charge in [0.05, 0.1) is 31.2 Å². The van der Waals surface area contributed by atoms with Gasteiger partial charge < -0.3 is 14.4 Å². The van der Waals surface area contributed by atoms with Crippen LogP contribution in [0.5, 0.6) is 0 Å². The van der Waals surface area contributed by atoms with Crippen LogP contribution in [-0.2, 0) is 9.47 Å². The predicted octanol–water partition coefficient (Wildman–Crippen LogP) is 2.13. The number of H-pyrrole nitrogens is 1. The maximum Gasteiger partial charge on any atom is 0.177 e. The van der Waals surface area contributed by atoms with E-state index >= 15 is 0 Å². The maximum absolute atomic E-state index is 9.79. The molecule has 9 nitrogen and oxygen atoms in total. The molecule has 3 aromatic rings. The molecule has 2 atom stereocenters. The number of anilines is 1. The van der Waals surface area contributed by atoms with Gasteiger partial charge in [0.25, 0.3) is 0 Å². The van der Waals surface area contributed by atoms with Crippen molar-refractivity contribution in [3.05, 3.63) is 29.6 Å². The number of aromatic nitrogens is 5. The molecule has 0 aliphatic carbocycles. The molecule has 2 fully saturated rings. The average Bonchev–Trinajstić information content (AvgIpc) is 3.42. The number of pyridine rings is 1. The van der Waals surface area contributed by atoms with Crippen molar-refractivity contribution < 1.29 is 9.47 Å². The minimum absolute atomic E-state index is 0.216. The molecule has 9 heteroatoms. The Morgan fingerprint density at radius 2 is 2.14 bits per heavy atom. The summed E-state index contributed by atoms with van der Waals surface area (Å²) in [4.78, 5) is 7.22. The van der Waals surface area contributed by atoms with Gasteiger partial charge in [0.1, 0.15) is 11.9 Å². The van der Waals surface area contributed by atoms with E-state index in [9.17, 15) is 5.26 Å². The number of aromatic amines is 1. The Morgan fingerprint density at radius 1 is 1.24 bits per heavy atom. The van der Waals surface area contributed by atoms with Crippen LogP contribution in [0, 0.1) is 11.3 Å². The molecule has 2 aliphatic heterocycles. The number of nitrogens with zero attached hydrogens (tertiary/aromatic N) is 6. The second kappa shape index (κ2) is 7.46. The van der Waals surface area contributed by atoms with Crippen molar-refractivity contribution in [1.29, 1.82) is 5.26 Å². The molecule has 3 aromatic heterocycles. The number of hydrogen-bond acceptors (Lipinski definition) is 7. The average molecular weight is 393 g/mol. The van der Waals surface area contributed by atoms with Gasteiger partial charge in [0.15, 0.2) is 17.2 Å². The van der Waals surface area contributed by atoms with E-state index in [1.807, 2.05) is 6.07 Å². The van der Waals surface area contributed by atoms with Crippen LogP contribution in [0.4, 0.5) is 5.82 Å². The molecule has 0 saturated carbocycles. The van der Waals surface area contributed by atoms with Gasteiger partial charge in [-0.15, -0.1) is 0 Å². The first-order valence-electron chi connectivity index (χ1n) is 10.0. The van der Waals surface area contributed by atoms with Gasteiger partial charge in [-0.3, -0.25) is 5.10 Å². The molecule has 5 heterocycles. The first-order chi connectivity index (χ1) is 14.3. The molecule has 2 aliphatic rings. The summed E-state index contributed by atoms with van der Waals surface area (Å²) in [6, 6.07) is 6.43. The Labute approximate surface area is 168 Å². The van der Waals surface area contributed by atoms with E-state index in [1.165, 1.54) is 0 Å². The van der Waals surface area contributed by atoms with E-state index < -0.39 is 0 Å². The zero-order chi connectivity index (χ0) is 19.8. The molecule has 0 aromatic carbocycles. The summed E-state index contributed by atoms with van der Waals surface area (Å²) in [7, 11) is 0. The summed E-state index contributed by atoms with van der Waals surface area (Å²) in [5, 5.41) is 22.2. The highest BCUT2D eigenvalue weighted by Crippen LogP contribution is 2.36. The molecule has 29 heavy (non-hydrogen) atoms. The smallest absolute Gasteiger partial charge is 0.177 e. The van der Waals surface area contributed by atoms with E-state index in [1.54, 1.807) is 10.9 Å². The first-order valence-corrected chi connectivity index (χ1v) is 10.0. The number of hydrogen-bond donors (Lipinski definition) is 1. The van der Waals surface area contributed by atoms with Gasteiger partial charge in [-0.2, -0.15) is 20.1 Å². The lowest BCUT2D eigenvalue weighted by atomic mass is 9.91. The normalized spacial score (nSPS) is 22.7. The van der Waals surface area contributed by atoms with Gasteiger partial charge >= 0.3 is 0 Å². The largest absolute Gasteiger partial charge is 0.381 e. The van der Waals surface area contributed by atoms with Crippen LogP contribution in [0.1, 0.15) is 36.9 Å². The summed E-state index contributed by atoms with van der Waals surface area (Å²) < 4.78 is 13.0. The summed E-state index contributed by atoms with van der Waals surface area (Å²) >= 11 is 0. The number of rotatable bonds is 3. The Hall–Kier alpha value is -2.96. The van der Waals surface area contributed by atoms with Crippen molar-refractivity contribution in [3.8, 4) is 11.9 Å². The molecule has 0 bridgehead atoms. The maximum atomic E-state index is 9.79. The zero-order valence-corrected chi connectivity index (χ0v) is 16.3. The molecule has 1 unspecified atom stereocenters. The Morgan fingerprint density at radius 3 is 2.86 bits per heavy atom. The molecule has 0 spiro atoms. The molecular formula is C20H23N7O2. The van der Waals surface area contributed by atoms with E-state index in [0.717, 1.165) is 42.8 Å². The molecule has 0 amide bonds. The summed E-state index contributed by atoms with van der Waals surface area (Å²) in [5.41, 5.74) is 2.12. The van der Waals surface area contributed by atoms with Gasteiger partial charge in [0, 0.05) is 31.3 Å². The third kappa shape index (κ3) is 3.14. The fourth-order valence-corrected chi connectivity index (χ4v) is 4.26. The molecule has 150 valence electrons. The molecule has 5 rings (SSSR count). The number of ether oxygens (including phenoxy) is 2. The van der Waals surface area contributed by atoms with Crippen LogP contribution in [-0.4, -0.2) is 64.0 Å². The molecule has 2 saturated heterocycles. The minimum Gasteiger partial charge on any atom is -0.381 e. The molecule has 1 N–H and O–H groups in total. The second-order valence-corrected chi connectivity index (χ2v) is 7.60. The number of nitriles is 1. The van der Waals surface area contributed by atoms with Crippen molar-refractivity contribution >= 4 is 16.9 Å². The number of nitrogens with one attached hydrogen (secondary N) is 1. The second-order valence-electron chi connectivity index (χ2n) is 7.60. The van der Waals surface area contributed by atoms with Crippen LogP contribution < -0.4 is 4.90 Å². The van der Waals surface area contributed by atoms with Crippen LogP contribution in [0.2, 0.25) is 0 Å². The predicted molar refractivity (Wildman–Crippen MR) is 106 cm³/mol. The van der Waals surface area contributed by atoms with E-state index in [-0.39, 0.29) is 12.0 Å². The fraction of sp³-hybridized carbons (Fsp3) is 0.500. The summed E-state index contributed by atoms with van der Waals surface area (Å²) in [6.45, 7) is 5.70. The van der Waals surface area contributed by atoms with E-state index in [2.05, 4.69) is 39.3 Å². The van der Waals surface area contributed by atoms with Crippen LogP contribution in [0.15, 0.2) is 18.3 Å². The lowest BCUT2D eigenvalue weighted by Gasteiger charge is -2.35. The highest BCUT2D eigenvalue weighted by molar-refractivity contribution is 5.88. The van der Waals surface area contributed by atoms with Crippen LogP contribution >= 0.6 is 0 Å². The quantitative estimate of drug-likeness (QED) is 0.727. The minimum atomic E-state index is 0.216. The number of morpholine rings is 1. The zero-order valence-electron chi connectivity index (χ0n) is 16.3. The van der Waals surface area contributed by atoms with Crippen molar-refractivity contribution in [1.82, 2.24) is 25.0 Å².